The van der Waals surface area contributed by atoms with Gasteiger partial charge in [-0.3, -0.25) is 9.59 Å². The summed E-state index contributed by atoms with van der Waals surface area (Å²) in [5.41, 5.74) is 1.17. The molecule has 1 aromatic carbocycles. The molecule has 1 aromatic rings. The van der Waals surface area contributed by atoms with E-state index in [1.807, 2.05) is 31.2 Å². The number of unbranched alkanes of at least 4 members (excludes halogenated alkanes) is 1. The van der Waals surface area contributed by atoms with Crippen LogP contribution in [0.25, 0.3) is 0 Å². The molecule has 0 aromatic heterocycles. The molecule has 0 fully saturated rings. The van der Waals surface area contributed by atoms with Gasteiger partial charge in [0, 0.05) is 24.4 Å². The van der Waals surface area contributed by atoms with Crippen molar-refractivity contribution >= 4 is 23.5 Å². The van der Waals surface area contributed by atoms with E-state index in [2.05, 4.69) is 5.32 Å². The molecule has 116 valence electrons. The number of carboxylic acid groups (broad SMARTS) is 1. The van der Waals surface area contributed by atoms with Crippen LogP contribution in [-0.2, 0) is 16.0 Å². The highest BCUT2D eigenvalue weighted by Crippen LogP contribution is 2.15. The lowest BCUT2D eigenvalue weighted by Crippen LogP contribution is -2.26. The van der Waals surface area contributed by atoms with Gasteiger partial charge < -0.3 is 10.4 Å². The Hall–Kier alpha value is -1.55. The number of carboxylic acids is 1. The van der Waals surface area contributed by atoms with Crippen LogP contribution in [-0.4, -0.2) is 23.5 Å². The van der Waals surface area contributed by atoms with E-state index < -0.39 is 5.97 Å². The smallest absolute Gasteiger partial charge is 0.303 e. The summed E-state index contributed by atoms with van der Waals surface area (Å²) in [4.78, 5) is 22.1. The van der Waals surface area contributed by atoms with Crippen LogP contribution in [0.3, 0.4) is 0 Å². The molecule has 0 saturated heterocycles. The number of carbonyl (C=O) groups excluding carboxylic acids is 1. The zero-order chi connectivity index (χ0) is 15.7. The summed E-state index contributed by atoms with van der Waals surface area (Å²) >= 11 is 5.83. The van der Waals surface area contributed by atoms with Crippen molar-refractivity contribution in [2.24, 2.45) is 5.92 Å². The highest BCUT2D eigenvalue weighted by atomic mass is 35.5. The SMILES string of the molecule is CC(CC(=O)NCCCCC(=O)O)Cc1ccc(Cl)cc1. The number of hydrogen-bond donors (Lipinski definition) is 2. The van der Waals surface area contributed by atoms with Gasteiger partial charge in [-0.2, -0.15) is 0 Å². The van der Waals surface area contributed by atoms with E-state index in [9.17, 15) is 9.59 Å². The molecule has 0 aliphatic carbocycles. The van der Waals surface area contributed by atoms with Gasteiger partial charge in [-0.25, -0.2) is 0 Å². The number of hydrogen-bond acceptors (Lipinski definition) is 2. The largest absolute Gasteiger partial charge is 0.481 e. The fourth-order valence-electron chi connectivity index (χ4n) is 2.11. The molecule has 0 saturated carbocycles. The number of benzene rings is 1. The minimum atomic E-state index is -0.794. The van der Waals surface area contributed by atoms with Crippen molar-refractivity contribution in [1.29, 1.82) is 0 Å². The zero-order valence-electron chi connectivity index (χ0n) is 12.3. The van der Waals surface area contributed by atoms with Crippen LogP contribution in [0, 0.1) is 5.92 Å². The van der Waals surface area contributed by atoms with Crippen molar-refractivity contribution in [2.75, 3.05) is 6.54 Å². The maximum absolute atomic E-state index is 11.7. The summed E-state index contributed by atoms with van der Waals surface area (Å²) in [5.74, 6) is -0.519. The third-order valence-corrected chi connectivity index (χ3v) is 3.42. The van der Waals surface area contributed by atoms with Gasteiger partial charge in [0.2, 0.25) is 5.91 Å². The zero-order valence-corrected chi connectivity index (χ0v) is 13.0. The summed E-state index contributed by atoms with van der Waals surface area (Å²) in [5, 5.41) is 12.0. The number of carbonyl (C=O) groups is 2. The molecule has 0 aliphatic heterocycles. The van der Waals surface area contributed by atoms with E-state index >= 15 is 0 Å². The van der Waals surface area contributed by atoms with Gasteiger partial charge in [-0.05, 0) is 42.9 Å². The highest BCUT2D eigenvalue weighted by molar-refractivity contribution is 6.30. The molecule has 0 bridgehead atoms. The van der Waals surface area contributed by atoms with Crippen LogP contribution in [0.1, 0.15) is 38.2 Å². The van der Waals surface area contributed by atoms with Crippen molar-refractivity contribution < 1.29 is 14.7 Å². The van der Waals surface area contributed by atoms with Crippen molar-refractivity contribution in [2.45, 2.75) is 39.0 Å². The molecule has 0 heterocycles. The van der Waals surface area contributed by atoms with E-state index in [0.717, 1.165) is 6.42 Å². The van der Waals surface area contributed by atoms with Crippen molar-refractivity contribution in [3.63, 3.8) is 0 Å². The molecule has 4 nitrogen and oxygen atoms in total. The van der Waals surface area contributed by atoms with E-state index in [-0.39, 0.29) is 18.2 Å². The second kappa shape index (κ2) is 9.40. The number of aliphatic carboxylic acids is 1. The molecule has 21 heavy (non-hydrogen) atoms. The molecule has 1 unspecified atom stereocenters. The van der Waals surface area contributed by atoms with Crippen LogP contribution < -0.4 is 5.32 Å². The fourth-order valence-corrected chi connectivity index (χ4v) is 2.24. The molecule has 1 amide bonds. The number of halogens is 1. The summed E-state index contributed by atoms with van der Waals surface area (Å²) < 4.78 is 0. The second-order valence-electron chi connectivity index (χ2n) is 5.34. The van der Waals surface area contributed by atoms with Gasteiger partial charge in [-0.1, -0.05) is 30.7 Å². The molecule has 0 radical (unpaired) electrons. The Kier molecular flexibility index (Phi) is 7.83. The minimum Gasteiger partial charge on any atom is -0.481 e. The van der Waals surface area contributed by atoms with Crippen LogP contribution in [0.15, 0.2) is 24.3 Å². The van der Waals surface area contributed by atoms with Crippen LogP contribution in [0.2, 0.25) is 5.02 Å². The van der Waals surface area contributed by atoms with Gasteiger partial charge in [0.15, 0.2) is 0 Å². The Morgan fingerprint density at radius 1 is 1.24 bits per heavy atom. The summed E-state index contributed by atoms with van der Waals surface area (Å²) in [6.07, 6.45) is 2.76. The van der Waals surface area contributed by atoms with E-state index in [1.165, 1.54) is 5.56 Å². The first kappa shape index (κ1) is 17.5. The Balaban J connectivity index is 2.18. The van der Waals surface area contributed by atoms with Crippen molar-refractivity contribution in [3.8, 4) is 0 Å². The van der Waals surface area contributed by atoms with E-state index in [0.29, 0.717) is 30.8 Å². The maximum Gasteiger partial charge on any atom is 0.303 e. The Morgan fingerprint density at radius 3 is 2.52 bits per heavy atom. The lowest BCUT2D eigenvalue weighted by molar-refractivity contribution is -0.137. The van der Waals surface area contributed by atoms with Crippen LogP contribution in [0.5, 0.6) is 0 Å². The minimum absolute atomic E-state index is 0.0202. The third-order valence-electron chi connectivity index (χ3n) is 3.17. The molecule has 1 atom stereocenters. The first-order chi connectivity index (χ1) is 9.97. The Morgan fingerprint density at radius 2 is 1.90 bits per heavy atom. The lowest BCUT2D eigenvalue weighted by atomic mass is 9.98. The average Bonchev–Trinajstić information content (AvgIpc) is 2.40. The highest BCUT2D eigenvalue weighted by Gasteiger charge is 2.09. The quantitative estimate of drug-likeness (QED) is 0.688. The van der Waals surface area contributed by atoms with Crippen LogP contribution in [0.4, 0.5) is 0 Å². The average molecular weight is 312 g/mol. The standard InChI is InChI=1S/C16H22ClNO3/c1-12(10-13-5-7-14(17)8-6-13)11-15(19)18-9-3-2-4-16(20)21/h5-8,12H,2-4,9-11H2,1H3,(H,18,19)(H,20,21). The van der Waals surface area contributed by atoms with Gasteiger partial charge in [0.25, 0.3) is 0 Å². The van der Waals surface area contributed by atoms with Gasteiger partial charge in [0.05, 0.1) is 0 Å². The van der Waals surface area contributed by atoms with Crippen molar-refractivity contribution in [3.05, 3.63) is 34.9 Å². The van der Waals surface area contributed by atoms with E-state index in [4.69, 9.17) is 16.7 Å². The predicted octanol–water partition coefficient (Wildman–Crippen LogP) is 3.28. The Labute approximate surface area is 130 Å². The van der Waals surface area contributed by atoms with Crippen LogP contribution >= 0.6 is 11.6 Å². The summed E-state index contributed by atoms with van der Waals surface area (Å²) in [6.45, 7) is 2.58. The number of nitrogens with one attached hydrogen (secondary N) is 1. The third kappa shape index (κ3) is 8.35. The summed E-state index contributed by atoms with van der Waals surface area (Å²) in [6, 6.07) is 7.66. The van der Waals surface area contributed by atoms with Gasteiger partial charge in [0.1, 0.15) is 0 Å². The van der Waals surface area contributed by atoms with E-state index in [1.54, 1.807) is 0 Å². The first-order valence-electron chi connectivity index (χ1n) is 7.20. The normalized spacial score (nSPS) is 11.9. The lowest BCUT2D eigenvalue weighted by Gasteiger charge is -2.11. The summed E-state index contributed by atoms with van der Waals surface area (Å²) in [7, 11) is 0. The number of rotatable bonds is 9. The first-order valence-corrected chi connectivity index (χ1v) is 7.58. The molecule has 0 aliphatic rings. The maximum atomic E-state index is 11.7. The van der Waals surface area contributed by atoms with Gasteiger partial charge in [-0.15, -0.1) is 0 Å². The molecule has 5 heteroatoms. The second-order valence-corrected chi connectivity index (χ2v) is 5.78. The molecule has 2 N–H and O–H groups in total. The predicted molar refractivity (Wildman–Crippen MR) is 83.4 cm³/mol. The molecular formula is C16H22ClNO3. The van der Waals surface area contributed by atoms with Gasteiger partial charge >= 0.3 is 5.97 Å². The molecule has 1 rings (SSSR count). The monoisotopic (exact) mass is 311 g/mol. The number of amides is 1. The Bertz CT molecular complexity index is 459. The fraction of sp³-hybridized carbons (Fsp3) is 0.500. The molecule has 0 spiro atoms. The van der Waals surface area contributed by atoms with Crippen molar-refractivity contribution in [1.82, 2.24) is 5.32 Å². The topological polar surface area (TPSA) is 66.4 Å². The molecular weight excluding hydrogens is 290 g/mol.